The van der Waals surface area contributed by atoms with Crippen LogP contribution < -0.4 is 5.32 Å². The summed E-state index contributed by atoms with van der Waals surface area (Å²) in [6, 6.07) is 7.65. The average Bonchev–Trinajstić information content (AvgIpc) is 2.85. The maximum atomic E-state index is 12.8. The van der Waals surface area contributed by atoms with Crippen LogP contribution in [-0.4, -0.2) is 30.3 Å². The van der Waals surface area contributed by atoms with Gasteiger partial charge in [0.2, 0.25) is 5.91 Å². The molecule has 2 N–H and O–H groups in total. The quantitative estimate of drug-likeness (QED) is 0.900. The molecule has 1 heterocycles. The number of amides is 1. The van der Waals surface area contributed by atoms with Crippen LogP contribution in [0.1, 0.15) is 43.9 Å². The van der Waals surface area contributed by atoms with Gasteiger partial charge in [-0.1, -0.05) is 38.1 Å². The molecule has 0 radical (unpaired) electrons. The number of ether oxygens (including phenoxy) is 1. The molecule has 2 unspecified atom stereocenters. The second kappa shape index (κ2) is 6.01. The van der Waals surface area contributed by atoms with Gasteiger partial charge in [-0.25, -0.2) is 0 Å². The molecular formula is C18H25NO3. The van der Waals surface area contributed by atoms with Crippen molar-refractivity contribution in [2.45, 2.75) is 45.3 Å². The highest BCUT2D eigenvalue weighted by atomic mass is 16.5. The molecular weight excluding hydrogens is 278 g/mol. The predicted molar refractivity (Wildman–Crippen MR) is 84.4 cm³/mol. The van der Waals surface area contributed by atoms with Crippen LogP contribution >= 0.6 is 0 Å². The zero-order valence-electron chi connectivity index (χ0n) is 13.3. The largest absolute Gasteiger partial charge is 0.386 e. The summed E-state index contributed by atoms with van der Waals surface area (Å²) in [7, 11) is 0. The molecule has 0 saturated carbocycles. The number of aliphatic hydroxyl groups is 1. The van der Waals surface area contributed by atoms with Crippen molar-refractivity contribution in [3.05, 3.63) is 35.4 Å². The SMILES string of the molecule is CC(C)(C(=O)NC1Cc2ccccc2C1O)C1CCOCC1. The lowest BCUT2D eigenvalue weighted by Crippen LogP contribution is -2.48. The molecule has 2 aliphatic rings. The molecule has 22 heavy (non-hydrogen) atoms. The third-order valence-electron chi connectivity index (χ3n) is 5.34. The van der Waals surface area contributed by atoms with Crippen molar-refractivity contribution in [3.63, 3.8) is 0 Å². The van der Waals surface area contributed by atoms with E-state index in [4.69, 9.17) is 4.74 Å². The van der Waals surface area contributed by atoms with Gasteiger partial charge >= 0.3 is 0 Å². The van der Waals surface area contributed by atoms with E-state index >= 15 is 0 Å². The number of rotatable bonds is 3. The molecule has 1 fully saturated rings. The van der Waals surface area contributed by atoms with Crippen molar-refractivity contribution in [1.29, 1.82) is 0 Å². The van der Waals surface area contributed by atoms with Crippen molar-refractivity contribution in [2.75, 3.05) is 13.2 Å². The van der Waals surface area contributed by atoms with E-state index in [1.165, 1.54) is 0 Å². The number of carbonyl (C=O) groups is 1. The van der Waals surface area contributed by atoms with Crippen LogP contribution in [0.5, 0.6) is 0 Å². The Labute approximate surface area is 131 Å². The summed E-state index contributed by atoms with van der Waals surface area (Å²) >= 11 is 0. The third-order valence-corrected chi connectivity index (χ3v) is 5.34. The average molecular weight is 303 g/mol. The van der Waals surface area contributed by atoms with Gasteiger partial charge in [0, 0.05) is 18.6 Å². The molecule has 1 aliphatic heterocycles. The maximum absolute atomic E-state index is 12.8. The highest BCUT2D eigenvalue weighted by Crippen LogP contribution is 2.36. The first-order valence-electron chi connectivity index (χ1n) is 8.14. The highest BCUT2D eigenvalue weighted by Gasteiger charge is 2.40. The Bertz CT molecular complexity index is 549. The zero-order chi connectivity index (χ0) is 15.7. The van der Waals surface area contributed by atoms with E-state index in [2.05, 4.69) is 5.32 Å². The van der Waals surface area contributed by atoms with E-state index in [0.717, 1.165) is 37.2 Å². The lowest BCUT2D eigenvalue weighted by molar-refractivity contribution is -0.135. The minimum absolute atomic E-state index is 0.0382. The molecule has 4 nitrogen and oxygen atoms in total. The molecule has 3 rings (SSSR count). The van der Waals surface area contributed by atoms with Crippen molar-refractivity contribution < 1.29 is 14.6 Å². The summed E-state index contributed by atoms with van der Waals surface area (Å²) in [6.07, 6.45) is 1.94. The Kier molecular flexibility index (Phi) is 4.24. The van der Waals surface area contributed by atoms with Crippen molar-refractivity contribution in [1.82, 2.24) is 5.32 Å². The Balaban J connectivity index is 1.67. The van der Waals surface area contributed by atoms with E-state index in [9.17, 15) is 9.90 Å². The van der Waals surface area contributed by atoms with Gasteiger partial charge < -0.3 is 15.2 Å². The molecule has 0 bridgehead atoms. The van der Waals surface area contributed by atoms with Crippen LogP contribution in [0.25, 0.3) is 0 Å². The Hall–Kier alpha value is -1.39. The lowest BCUT2D eigenvalue weighted by atomic mass is 9.74. The van der Waals surface area contributed by atoms with Gasteiger partial charge in [-0.2, -0.15) is 0 Å². The molecule has 1 amide bonds. The summed E-state index contributed by atoms with van der Waals surface area (Å²) in [5.74, 6) is 0.374. The molecule has 1 aromatic carbocycles. The fourth-order valence-electron chi connectivity index (χ4n) is 3.66. The van der Waals surface area contributed by atoms with Crippen LogP contribution in [0.4, 0.5) is 0 Å². The minimum atomic E-state index is -0.606. The van der Waals surface area contributed by atoms with Gasteiger partial charge in [-0.05, 0) is 36.3 Å². The first-order valence-corrected chi connectivity index (χ1v) is 8.14. The van der Waals surface area contributed by atoms with Crippen molar-refractivity contribution >= 4 is 5.91 Å². The maximum Gasteiger partial charge on any atom is 0.226 e. The number of fused-ring (bicyclic) bond motifs is 1. The van der Waals surface area contributed by atoms with Gasteiger partial charge in [0.25, 0.3) is 0 Å². The highest BCUT2D eigenvalue weighted by molar-refractivity contribution is 5.82. The van der Waals surface area contributed by atoms with Crippen LogP contribution in [0.2, 0.25) is 0 Å². The van der Waals surface area contributed by atoms with E-state index in [1.807, 2.05) is 38.1 Å². The number of hydrogen-bond donors (Lipinski definition) is 2. The lowest BCUT2D eigenvalue weighted by Gasteiger charge is -2.36. The molecule has 0 aromatic heterocycles. The molecule has 1 saturated heterocycles. The summed E-state index contributed by atoms with van der Waals surface area (Å²) in [6.45, 7) is 5.48. The van der Waals surface area contributed by atoms with Gasteiger partial charge in [-0.15, -0.1) is 0 Å². The molecule has 0 spiro atoms. The van der Waals surface area contributed by atoms with Crippen LogP contribution in [-0.2, 0) is 16.0 Å². The number of aliphatic hydroxyl groups excluding tert-OH is 1. The number of hydrogen-bond acceptors (Lipinski definition) is 3. The van der Waals surface area contributed by atoms with Crippen LogP contribution in [0.3, 0.4) is 0 Å². The van der Waals surface area contributed by atoms with E-state index in [0.29, 0.717) is 12.3 Å². The topological polar surface area (TPSA) is 58.6 Å². The van der Waals surface area contributed by atoms with Gasteiger partial charge in [0.1, 0.15) is 0 Å². The Morgan fingerprint density at radius 2 is 1.95 bits per heavy atom. The monoisotopic (exact) mass is 303 g/mol. The van der Waals surface area contributed by atoms with Crippen LogP contribution in [0, 0.1) is 11.3 Å². The standard InChI is InChI=1S/C18H25NO3/c1-18(2,13-7-9-22-10-8-13)17(21)19-15-11-12-5-3-4-6-14(12)16(15)20/h3-6,13,15-16,20H,7-11H2,1-2H3,(H,19,21). The molecule has 1 aliphatic carbocycles. The molecule has 1 aromatic rings. The van der Waals surface area contributed by atoms with E-state index in [1.54, 1.807) is 0 Å². The zero-order valence-corrected chi connectivity index (χ0v) is 13.3. The molecule has 120 valence electrons. The van der Waals surface area contributed by atoms with Gasteiger partial charge in [-0.3, -0.25) is 4.79 Å². The van der Waals surface area contributed by atoms with Crippen molar-refractivity contribution in [3.8, 4) is 0 Å². The first kappa shape index (κ1) is 15.5. The van der Waals surface area contributed by atoms with Crippen molar-refractivity contribution in [2.24, 2.45) is 11.3 Å². The van der Waals surface area contributed by atoms with Gasteiger partial charge in [0.15, 0.2) is 0 Å². The smallest absolute Gasteiger partial charge is 0.226 e. The number of benzene rings is 1. The number of carbonyl (C=O) groups excluding carboxylic acids is 1. The number of nitrogens with one attached hydrogen (secondary N) is 1. The summed E-state index contributed by atoms with van der Waals surface area (Å²) in [4.78, 5) is 12.8. The second-order valence-corrected chi connectivity index (χ2v) is 7.04. The second-order valence-electron chi connectivity index (χ2n) is 7.04. The predicted octanol–water partition coefficient (Wildman–Crippen LogP) is 2.21. The van der Waals surface area contributed by atoms with Gasteiger partial charge in [0.05, 0.1) is 12.1 Å². The Morgan fingerprint density at radius 1 is 1.27 bits per heavy atom. The van der Waals surface area contributed by atoms with E-state index in [-0.39, 0.29) is 11.9 Å². The van der Waals surface area contributed by atoms with Crippen LogP contribution in [0.15, 0.2) is 24.3 Å². The minimum Gasteiger partial charge on any atom is -0.386 e. The summed E-state index contributed by atoms with van der Waals surface area (Å²) in [5, 5.41) is 13.5. The summed E-state index contributed by atoms with van der Waals surface area (Å²) < 4.78 is 5.40. The normalized spacial score (nSPS) is 25.8. The fraction of sp³-hybridized carbons (Fsp3) is 0.611. The third kappa shape index (κ3) is 2.77. The molecule has 4 heteroatoms. The van der Waals surface area contributed by atoms with E-state index < -0.39 is 11.5 Å². The fourth-order valence-corrected chi connectivity index (χ4v) is 3.66. The molecule has 2 atom stereocenters. The Morgan fingerprint density at radius 3 is 2.64 bits per heavy atom. The summed E-state index contributed by atoms with van der Waals surface area (Å²) in [5.41, 5.74) is 1.64. The first-order chi connectivity index (χ1) is 10.5.